The minimum atomic E-state index is 0.639. The lowest BCUT2D eigenvalue weighted by atomic mass is 10.3. The van der Waals surface area contributed by atoms with Gasteiger partial charge in [0.25, 0.3) is 0 Å². The first kappa shape index (κ1) is 11.7. The van der Waals surface area contributed by atoms with Crippen LogP contribution in [-0.4, -0.2) is 12.1 Å². The predicted octanol–water partition coefficient (Wildman–Crippen LogP) is 3.18. The highest BCUT2D eigenvalue weighted by molar-refractivity contribution is 9.10. The van der Waals surface area contributed by atoms with Crippen LogP contribution in [0.1, 0.15) is 0 Å². The number of halogens is 1. The zero-order chi connectivity index (χ0) is 12.3. The van der Waals surface area contributed by atoms with Crippen LogP contribution in [0.3, 0.4) is 0 Å². The molecule has 1 aromatic carbocycles. The standard InChI is InChI=1S/C12H12BrN3O/c1-17-9-3-4-10(13)11(6-9)16-12-5-2-8(14)7-15-12/h2-7H,14H2,1H3,(H,15,16). The summed E-state index contributed by atoms with van der Waals surface area (Å²) in [5.41, 5.74) is 7.11. The van der Waals surface area contributed by atoms with Crippen molar-refractivity contribution in [1.29, 1.82) is 0 Å². The molecule has 1 heterocycles. The highest BCUT2D eigenvalue weighted by Crippen LogP contribution is 2.29. The number of rotatable bonds is 3. The summed E-state index contributed by atoms with van der Waals surface area (Å²) in [7, 11) is 1.63. The largest absolute Gasteiger partial charge is 0.497 e. The van der Waals surface area contributed by atoms with E-state index in [2.05, 4.69) is 26.2 Å². The molecule has 0 aliphatic carbocycles. The maximum atomic E-state index is 5.58. The molecule has 0 aliphatic heterocycles. The van der Waals surface area contributed by atoms with Crippen LogP contribution < -0.4 is 15.8 Å². The van der Waals surface area contributed by atoms with Crippen molar-refractivity contribution >= 4 is 33.1 Å². The van der Waals surface area contributed by atoms with Crippen molar-refractivity contribution in [3.8, 4) is 5.75 Å². The molecule has 0 fully saturated rings. The van der Waals surface area contributed by atoms with E-state index in [9.17, 15) is 0 Å². The SMILES string of the molecule is COc1ccc(Br)c(Nc2ccc(N)cn2)c1. The highest BCUT2D eigenvalue weighted by atomic mass is 79.9. The summed E-state index contributed by atoms with van der Waals surface area (Å²) in [6.45, 7) is 0. The van der Waals surface area contributed by atoms with Gasteiger partial charge in [-0.05, 0) is 40.2 Å². The molecule has 5 heteroatoms. The molecular formula is C12H12BrN3O. The van der Waals surface area contributed by atoms with E-state index >= 15 is 0 Å². The van der Waals surface area contributed by atoms with E-state index in [1.807, 2.05) is 24.3 Å². The molecule has 0 amide bonds. The highest BCUT2D eigenvalue weighted by Gasteiger charge is 2.03. The Balaban J connectivity index is 2.25. The Kier molecular flexibility index (Phi) is 3.49. The zero-order valence-electron chi connectivity index (χ0n) is 9.27. The number of ether oxygens (including phenoxy) is 1. The number of nitrogens with zero attached hydrogens (tertiary/aromatic N) is 1. The van der Waals surface area contributed by atoms with E-state index in [0.717, 1.165) is 21.7 Å². The molecule has 0 atom stereocenters. The fourth-order valence-electron chi connectivity index (χ4n) is 1.34. The van der Waals surface area contributed by atoms with Gasteiger partial charge in [-0.2, -0.15) is 0 Å². The van der Waals surface area contributed by atoms with Gasteiger partial charge in [-0.25, -0.2) is 4.98 Å². The van der Waals surface area contributed by atoms with Crippen LogP contribution in [0.4, 0.5) is 17.2 Å². The van der Waals surface area contributed by atoms with Crippen molar-refractivity contribution in [2.24, 2.45) is 0 Å². The van der Waals surface area contributed by atoms with Crippen LogP contribution in [0.25, 0.3) is 0 Å². The number of hydrogen-bond acceptors (Lipinski definition) is 4. The molecule has 0 saturated carbocycles. The minimum Gasteiger partial charge on any atom is -0.497 e. The zero-order valence-corrected chi connectivity index (χ0v) is 10.9. The van der Waals surface area contributed by atoms with E-state index in [1.165, 1.54) is 0 Å². The van der Waals surface area contributed by atoms with Crippen molar-refractivity contribution in [3.63, 3.8) is 0 Å². The molecule has 0 radical (unpaired) electrons. The molecule has 0 spiro atoms. The van der Waals surface area contributed by atoms with Crippen molar-refractivity contribution in [2.45, 2.75) is 0 Å². The molecule has 4 nitrogen and oxygen atoms in total. The molecule has 2 aromatic rings. The van der Waals surface area contributed by atoms with E-state index in [1.54, 1.807) is 19.4 Å². The van der Waals surface area contributed by atoms with Gasteiger partial charge < -0.3 is 15.8 Å². The fourth-order valence-corrected chi connectivity index (χ4v) is 1.69. The Morgan fingerprint density at radius 1 is 1.29 bits per heavy atom. The summed E-state index contributed by atoms with van der Waals surface area (Å²) >= 11 is 3.46. The van der Waals surface area contributed by atoms with Gasteiger partial charge in [0.2, 0.25) is 0 Å². The molecule has 1 aromatic heterocycles. The summed E-state index contributed by atoms with van der Waals surface area (Å²) in [5, 5.41) is 3.18. The molecule has 2 rings (SSSR count). The van der Waals surface area contributed by atoms with Crippen LogP contribution in [0.2, 0.25) is 0 Å². The lowest BCUT2D eigenvalue weighted by molar-refractivity contribution is 0.415. The Bertz CT molecular complexity index is 514. The van der Waals surface area contributed by atoms with Gasteiger partial charge >= 0.3 is 0 Å². The van der Waals surface area contributed by atoms with Gasteiger partial charge in [0, 0.05) is 10.5 Å². The second-order valence-corrected chi connectivity index (χ2v) is 4.30. The van der Waals surface area contributed by atoms with Crippen LogP contribution in [0.5, 0.6) is 5.75 Å². The summed E-state index contributed by atoms with van der Waals surface area (Å²) in [6, 6.07) is 9.30. The molecule has 88 valence electrons. The molecule has 17 heavy (non-hydrogen) atoms. The van der Waals surface area contributed by atoms with Crippen molar-refractivity contribution in [2.75, 3.05) is 18.2 Å². The molecule has 0 aliphatic rings. The van der Waals surface area contributed by atoms with Gasteiger partial charge in [0.1, 0.15) is 11.6 Å². The number of aromatic nitrogens is 1. The second-order valence-electron chi connectivity index (χ2n) is 3.45. The van der Waals surface area contributed by atoms with Gasteiger partial charge in [-0.3, -0.25) is 0 Å². The number of nitrogens with one attached hydrogen (secondary N) is 1. The third-order valence-electron chi connectivity index (χ3n) is 2.22. The average Bonchev–Trinajstić information content (AvgIpc) is 2.35. The Morgan fingerprint density at radius 3 is 2.76 bits per heavy atom. The quantitative estimate of drug-likeness (QED) is 0.912. The summed E-state index contributed by atoms with van der Waals surface area (Å²) in [4.78, 5) is 4.17. The number of hydrogen-bond donors (Lipinski definition) is 2. The predicted molar refractivity (Wildman–Crippen MR) is 72.6 cm³/mol. The van der Waals surface area contributed by atoms with Crippen molar-refractivity contribution < 1.29 is 4.74 Å². The first-order valence-corrected chi connectivity index (χ1v) is 5.80. The van der Waals surface area contributed by atoms with Crippen molar-refractivity contribution in [1.82, 2.24) is 4.98 Å². The maximum Gasteiger partial charge on any atom is 0.130 e. The summed E-state index contributed by atoms with van der Waals surface area (Å²) in [5.74, 6) is 1.51. The first-order chi connectivity index (χ1) is 8.19. The molecular weight excluding hydrogens is 282 g/mol. The Morgan fingerprint density at radius 2 is 2.12 bits per heavy atom. The third kappa shape index (κ3) is 2.88. The fraction of sp³-hybridized carbons (Fsp3) is 0.0833. The van der Waals surface area contributed by atoms with Gasteiger partial charge in [0.05, 0.1) is 24.7 Å². The Hall–Kier alpha value is -1.75. The van der Waals surface area contributed by atoms with Crippen LogP contribution in [0.15, 0.2) is 41.0 Å². The van der Waals surface area contributed by atoms with Gasteiger partial charge in [0.15, 0.2) is 0 Å². The molecule has 3 N–H and O–H groups in total. The number of pyridine rings is 1. The third-order valence-corrected chi connectivity index (χ3v) is 2.91. The number of anilines is 3. The van der Waals surface area contributed by atoms with Gasteiger partial charge in [-0.1, -0.05) is 0 Å². The van der Waals surface area contributed by atoms with Crippen molar-refractivity contribution in [3.05, 3.63) is 41.0 Å². The molecule has 0 saturated heterocycles. The maximum absolute atomic E-state index is 5.58. The smallest absolute Gasteiger partial charge is 0.130 e. The minimum absolute atomic E-state index is 0.639. The molecule has 0 unspecified atom stereocenters. The van der Waals surface area contributed by atoms with E-state index in [-0.39, 0.29) is 0 Å². The molecule has 0 bridgehead atoms. The number of nitrogen functional groups attached to an aromatic ring is 1. The number of nitrogens with two attached hydrogens (primary N) is 1. The lowest BCUT2D eigenvalue weighted by Gasteiger charge is -2.09. The topological polar surface area (TPSA) is 60.2 Å². The van der Waals surface area contributed by atoms with E-state index in [0.29, 0.717) is 5.69 Å². The normalized spacial score (nSPS) is 10.0. The number of benzene rings is 1. The van der Waals surface area contributed by atoms with E-state index < -0.39 is 0 Å². The monoisotopic (exact) mass is 293 g/mol. The van der Waals surface area contributed by atoms with Crippen LogP contribution in [-0.2, 0) is 0 Å². The second kappa shape index (κ2) is 5.05. The lowest BCUT2D eigenvalue weighted by Crippen LogP contribution is -1.96. The van der Waals surface area contributed by atoms with Crippen LogP contribution >= 0.6 is 15.9 Å². The summed E-state index contributed by atoms with van der Waals surface area (Å²) in [6.07, 6.45) is 1.61. The number of methoxy groups -OCH3 is 1. The van der Waals surface area contributed by atoms with Gasteiger partial charge in [-0.15, -0.1) is 0 Å². The van der Waals surface area contributed by atoms with E-state index in [4.69, 9.17) is 10.5 Å². The van der Waals surface area contributed by atoms with Crippen LogP contribution in [0, 0.1) is 0 Å². The first-order valence-electron chi connectivity index (χ1n) is 5.01. The Labute approximate surface area is 108 Å². The average molecular weight is 294 g/mol. The summed E-state index contributed by atoms with van der Waals surface area (Å²) < 4.78 is 6.11.